The van der Waals surface area contributed by atoms with E-state index in [9.17, 15) is 14.7 Å². The molecule has 1 amide bonds. The van der Waals surface area contributed by atoms with E-state index >= 15 is 0 Å². The summed E-state index contributed by atoms with van der Waals surface area (Å²) in [6.07, 6.45) is 1.50. The number of carbonyl (C=O) groups excluding carboxylic acids is 2. The topological polar surface area (TPSA) is 70.8 Å². The number of furan rings is 1. The van der Waals surface area contributed by atoms with Crippen molar-refractivity contribution in [1.29, 1.82) is 0 Å². The first-order chi connectivity index (χ1) is 14.0. The van der Waals surface area contributed by atoms with E-state index in [-0.39, 0.29) is 17.9 Å². The number of aryl methyl sites for hydroxylation is 2. The molecule has 1 aliphatic heterocycles. The second-order valence-electron chi connectivity index (χ2n) is 7.24. The van der Waals surface area contributed by atoms with Crippen molar-refractivity contribution in [3.63, 3.8) is 0 Å². The Balaban J connectivity index is 1.84. The van der Waals surface area contributed by atoms with Crippen LogP contribution < -0.4 is 0 Å². The molecule has 0 bridgehead atoms. The highest BCUT2D eigenvalue weighted by molar-refractivity contribution is 6.46. The van der Waals surface area contributed by atoms with Gasteiger partial charge in [-0.2, -0.15) is 0 Å². The molecule has 3 aromatic rings. The highest BCUT2D eigenvalue weighted by Crippen LogP contribution is 2.40. The Morgan fingerprint density at radius 2 is 1.79 bits per heavy atom. The number of benzene rings is 2. The summed E-state index contributed by atoms with van der Waals surface area (Å²) in [4.78, 5) is 27.3. The van der Waals surface area contributed by atoms with Crippen molar-refractivity contribution in [2.45, 2.75) is 26.4 Å². The molecule has 5 heteroatoms. The number of likely N-dealkylation sites (tertiary alicyclic amines) is 1. The summed E-state index contributed by atoms with van der Waals surface area (Å²) in [6, 6.07) is 17.4. The number of hydrogen-bond acceptors (Lipinski definition) is 4. The molecule has 2 heterocycles. The van der Waals surface area contributed by atoms with Crippen LogP contribution in [0.3, 0.4) is 0 Å². The van der Waals surface area contributed by atoms with Crippen LogP contribution in [0.25, 0.3) is 5.76 Å². The Bertz CT molecular complexity index is 1100. The number of aliphatic hydroxyl groups excluding tert-OH is 1. The van der Waals surface area contributed by atoms with E-state index in [1.54, 1.807) is 36.4 Å². The van der Waals surface area contributed by atoms with Crippen LogP contribution in [-0.2, 0) is 16.1 Å². The van der Waals surface area contributed by atoms with Crippen molar-refractivity contribution in [2.75, 3.05) is 0 Å². The molecule has 2 aromatic carbocycles. The Hall–Kier alpha value is -3.60. The number of amides is 1. The fourth-order valence-corrected chi connectivity index (χ4v) is 3.69. The van der Waals surface area contributed by atoms with E-state index in [4.69, 9.17) is 4.42 Å². The molecule has 0 radical (unpaired) electrons. The molecule has 5 nitrogen and oxygen atoms in total. The molecule has 0 spiro atoms. The molecule has 1 N–H and O–H groups in total. The lowest BCUT2D eigenvalue weighted by Gasteiger charge is -2.24. The second kappa shape index (κ2) is 7.43. The number of hydrogen-bond donors (Lipinski definition) is 1. The predicted molar refractivity (Wildman–Crippen MR) is 109 cm³/mol. The minimum atomic E-state index is -0.787. The zero-order valence-electron chi connectivity index (χ0n) is 16.3. The second-order valence-corrected chi connectivity index (χ2v) is 7.24. The average Bonchev–Trinajstić information content (AvgIpc) is 3.33. The fourth-order valence-electron chi connectivity index (χ4n) is 3.69. The largest absolute Gasteiger partial charge is 0.507 e. The van der Waals surface area contributed by atoms with Gasteiger partial charge in [0.05, 0.1) is 11.8 Å². The molecule has 29 heavy (non-hydrogen) atoms. The molecule has 1 unspecified atom stereocenters. The molecule has 4 rings (SSSR count). The molecule has 1 aliphatic rings. The van der Waals surface area contributed by atoms with Crippen LogP contribution in [0.15, 0.2) is 76.9 Å². The van der Waals surface area contributed by atoms with Crippen LogP contribution in [0.5, 0.6) is 0 Å². The Labute approximate surface area is 168 Å². The maximum atomic E-state index is 12.9. The number of Topliss-reactive ketones (excluding diaryl/α,β-unsaturated/α-hetero) is 1. The SMILES string of the molecule is Cc1ccc(C)c(CN2C(=O)C(=O)/C(=C(\O)c3ccccc3)C2c2ccco2)c1. The molecule has 0 saturated carbocycles. The summed E-state index contributed by atoms with van der Waals surface area (Å²) in [5.41, 5.74) is 3.57. The van der Waals surface area contributed by atoms with Gasteiger partial charge in [0.2, 0.25) is 0 Å². The van der Waals surface area contributed by atoms with Gasteiger partial charge in [0, 0.05) is 12.1 Å². The minimum Gasteiger partial charge on any atom is -0.507 e. The Morgan fingerprint density at radius 3 is 2.48 bits per heavy atom. The Kier molecular flexibility index (Phi) is 4.80. The lowest BCUT2D eigenvalue weighted by molar-refractivity contribution is -0.140. The van der Waals surface area contributed by atoms with E-state index < -0.39 is 17.7 Å². The lowest BCUT2D eigenvalue weighted by Crippen LogP contribution is -2.29. The fraction of sp³-hybridized carbons (Fsp3) is 0.167. The van der Waals surface area contributed by atoms with Crippen LogP contribution in [0.1, 0.15) is 34.1 Å². The van der Waals surface area contributed by atoms with E-state index in [0.717, 1.165) is 16.7 Å². The maximum Gasteiger partial charge on any atom is 0.296 e. The first-order valence-electron chi connectivity index (χ1n) is 9.40. The van der Waals surface area contributed by atoms with Gasteiger partial charge in [-0.25, -0.2) is 0 Å². The normalized spacial score (nSPS) is 18.4. The van der Waals surface area contributed by atoms with Gasteiger partial charge in [-0.3, -0.25) is 9.59 Å². The number of carbonyl (C=O) groups is 2. The molecular formula is C24H21NO4. The van der Waals surface area contributed by atoms with Crippen molar-refractivity contribution in [3.8, 4) is 0 Å². The van der Waals surface area contributed by atoms with Crippen molar-refractivity contribution in [3.05, 3.63) is 101 Å². The number of rotatable bonds is 4. The van der Waals surface area contributed by atoms with Gasteiger partial charge in [0.15, 0.2) is 0 Å². The van der Waals surface area contributed by atoms with Crippen LogP contribution in [0.4, 0.5) is 0 Å². The molecule has 1 saturated heterocycles. The average molecular weight is 387 g/mol. The number of ketones is 1. The monoisotopic (exact) mass is 387 g/mol. The van der Waals surface area contributed by atoms with Gasteiger partial charge in [0.1, 0.15) is 17.6 Å². The van der Waals surface area contributed by atoms with E-state index in [1.165, 1.54) is 11.2 Å². The number of nitrogens with zero attached hydrogens (tertiary/aromatic N) is 1. The van der Waals surface area contributed by atoms with Gasteiger partial charge in [0.25, 0.3) is 11.7 Å². The van der Waals surface area contributed by atoms with Crippen LogP contribution in [0, 0.1) is 13.8 Å². The zero-order chi connectivity index (χ0) is 20.5. The predicted octanol–water partition coefficient (Wildman–Crippen LogP) is 4.52. The van der Waals surface area contributed by atoms with Gasteiger partial charge in [-0.1, -0.05) is 54.1 Å². The summed E-state index contributed by atoms with van der Waals surface area (Å²) in [6.45, 7) is 4.20. The van der Waals surface area contributed by atoms with Gasteiger partial charge in [-0.15, -0.1) is 0 Å². The lowest BCUT2D eigenvalue weighted by atomic mass is 9.99. The van der Waals surface area contributed by atoms with Crippen LogP contribution in [-0.4, -0.2) is 21.7 Å². The quantitative estimate of drug-likeness (QED) is 0.406. The summed E-state index contributed by atoms with van der Waals surface area (Å²) < 4.78 is 5.56. The van der Waals surface area contributed by atoms with Gasteiger partial charge < -0.3 is 14.4 Å². The molecular weight excluding hydrogens is 366 g/mol. The summed E-state index contributed by atoms with van der Waals surface area (Å²) in [7, 11) is 0. The molecule has 1 aromatic heterocycles. The third-order valence-corrected chi connectivity index (χ3v) is 5.25. The molecule has 0 aliphatic carbocycles. The standard InChI is InChI=1S/C24H21NO4/c1-15-10-11-16(2)18(13-15)14-25-21(19-9-6-12-29-19)20(23(27)24(25)28)22(26)17-7-4-3-5-8-17/h3-13,21,26H,14H2,1-2H3/b22-20-. The van der Waals surface area contributed by atoms with Crippen molar-refractivity contribution >= 4 is 17.4 Å². The summed E-state index contributed by atoms with van der Waals surface area (Å²) >= 11 is 0. The smallest absolute Gasteiger partial charge is 0.296 e. The molecule has 146 valence electrons. The number of aliphatic hydroxyl groups is 1. The van der Waals surface area contributed by atoms with Crippen molar-refractivity contribution in [1.82, 2.24) is 4.90 Å². The first-order valence-corrected chi connectivity index (χ1v) is 9.40. The summed E-state index contributed by atoms with van der Waals surface area (Å²) in [5, 5.41) is 10.9. The van der Waals surface area contributed by atoms with Gasteiger partial charge in [-0.05, 0) is 37.1 Å². The third-order valence-electron chi connectivity index (χ3n) is 5.25. The van der Waals surface area contributed by atoms with Crippen LogP contribution in [0.2, 0.25) is 0 Å². The first kappa shape index (κ1) is 18.7. The summed E-state index contributed by atoms with van der Waals surface area (Å²) in [5.74, 6) is -1.12. The molecule has 1 atom stereocenters. The van der Waals surface area contributed by atoms with E-state index in [1.807, 2.05) is 38.1 Å². The van der Waals surface area contributed by atoms with E-state index in [0.29, 0.717) is 11.3 Å². The Morgan fingerprint density at radius 1 is 1.03 bits per heavy atom. The zero-order valence-corrected chi connectivity index (χ0v) is 16.3. The third kappa shape index (κ3) is 3.36. The van der Waals surface area contributed by atoms with E-state index in [2.05, 4.69) is 0 Å². The van der Waals surface area contributed by atoms with Crippen LogP contribution >= 0.6 is 0 Å². The van der Waals surface area contributed by atoms with Crippen molar-refractivity contribution in [2.24, 2.45) is 0 Å². The molecule has 1 fully saturated rings. The van der Waals surface area contributed by atoms with Gasteiger partial charge >= 0.3 is 0 Å². The van der Waals surface area contributed by atoms with Crippen molar-refractivity contribution < 1.29 is 19.1 Å². The highest BCUT2D eigenvalue weighted by Gasteiger charge is 2.47. The highest BCUT2D eigenvalue weighted by atomic mass is 16.3. The minimum absolute atomic E-state index is 0.0430. The maximum absolute atomic E-state index is 12.9.